The van der Waals surface area contributed by atoms with E-state index in [4.69, 9.17) is 4.42 Å². The summed E-state index contributed by atoms with van der Waals surface area (Å²) in [6.07, 6.45) is 3.72. The Morgan fingerprint density at radius 1 is 1.20 bits per heavy atom. The van der Waals surface area contributed by atoms with Gasteiger partial charge in [0.15, 0.2) is 5.76 Å². The number of carbonyl (C=O) groups excluding carboxylic acids is 2. The van der Waals surface area contributed by atoms with Gasteiger partial charge in [-0.3, -0.25) is 9.59 Å². The van der Waals surface area contributed by atoms with E-state index in [1.807, 2.05) is 0 Å². The van der Waals surface area contributed by atoms with E-state index in [1.54, 1.807) is 36.4 Å². The predicted molar refractivity (Wildman–Crippen MR) is 98.3 cm³/mol. The normalized spacial score (nSPS) is 16.6. The van der Waals surface area contributed by atoms with Crippen LogP contribution in [-0.4, -0.2) is 31.4 Å². The average Bonchev–Trinajstić information content (AvgIpc) is 3.15. The maximum Gasteiger partial charge on any atom is 0.291 e. The van der Waals surface area contributed by atoms with Crippen LogP contribution in [0.15, 0.2) is 47.1 Å². The molecule has 1 unspecified atom stereocenters. The standard InChI is InChI=1S/C18H21N3O3.ClH/c22-17(20-12-13-4-2-8-19-11-13)14-5-1-6-15(10-14)21-18(23)16-7-3-9-24-16;/h1,3,5-7,9-10,13,19H,2,4,8,11-12H2,(H,20,22)(H,21,23);1H. The van der Waals surface area contributed by atoms with E-state index in [0.717, 1.165) is 25.9 Å². The highest BCUT2D eigenvalue weighted by atomic mass is 35.5. The summed E-state index contributed by atoms with van der Waals surface area (Å²) in [5.41, 5.74) is 1.08. The van der Waals surface area contributed by atoms with Gasteiger partial charge in [0.25, 0.3) is 11.8 Å². The monoisotopic (exact) mass is 363 g/mol. The van der Waals surface area contributed by atoms with Gasteiger partial charge in [0.05, 0.1) is 6.26 Å². The molecular weight excluding hydrogens is 342 g/mol. The quantitative estimate of drug-likeness (QED) is 0.762. The number of hydrogen-bond donors (Lipinski definition) is 3. The number of furan rings is 1. The van der Waals surface area contributed by atoms with Crippen LogP contribution in [0.5, 0.6) is 0 Å². The molecule has 1 aliphatic rings. The minimum absolute atomic E-state index is 0. The first-order chi connectivity index (χ1) is 11.7. The van der Waals surface area contributed by atoms with Gasteiger partial charge in [-0.15, -0.1) is 12.4 Å². The van der Waals surface area contributed by atoms with Crippen molar-refractivity contribution < 1.29 is 14.0 Å². The number of nitrogens with one attached hydrogen (secondary N) is 3. The van der Waals surface area contributed by atoms with E-state index >= 15 is 0 Å². The van der Waals surface area contributed by atoms with Gasteiger partial charge < -0.3 is 20.4 Å². The van der Waals surface area contributed by atoms with Gasteiger partial charge in [-0.2, -0.15) is 0 Å². The molecule has 1 fully saturated rings. The third kappa shape index (κ3) is 5.34. The van der Waals surface area contributed by atoms with Gasteiger partial charge in [0.2, 0.25) is 0 Å². The van der Waals surface area contributed by atoms with Crippen molar-refractivity contribution in [2.45, 2.75) is 12.8 Å². The van der Waals surface area contributed by atoms with Crippen LogP contribution in [0, 0.1) is 5.92 Å². The number of rotatable bonds is 5. The number of anilines is 1. The Hall–Kier alpha value is -2.31. The van der Waals surface area contributed by atoms with Crippen molar-refractivity contribution >= 4 is 29.9 Å². The largest absolute Gasteiger partial charge is 0.459 e. The van der Waals surface area contributed by atoms with Crippen LogP contribution < -0.4 is 16.0 Å². The molecule has 3 N–H and O–H groups in total. The Balaban J connectivity index is 0.00000225. The van der Waals surface area contributed by atoms with Gasteiger partial charge in [0, 0.05) is 17.8 Å². The third-order valence-electron chi connectivity index (χ3n) is 4.08. The molecule has 0 spiro atoms. The van der Waals surface area contributed by atoms with Crippen molar-refractivity contribution in [3.05, 3.63) is 54.0 Å². The lowest BCUT2D eigenvalue weighted by molar-refractivity contribution is 0.0943. The molecule has 2 aromatic rings. The minimum Gasteiger partial charge on any atom is -0.459 e. The third-order valence-corrected chi connectivity index (χ3v) is 4.08. The van der Waals surface area contributed by atoms with Crippen LogP contribution in [0.25, 0.3) is 0 Å². The molecule has 0 saturated carbocycles. The van der Waals surface area contributed by atoms with Crippen molar-refractivity contribution in [2.24, 2.45) is 5.92 Å². The number of hydrogen-bond acceptors (Lipinski definition) is 4. The highest BCUT2D eigenvalue weighted by Gasteiger charge is 2.15. The van der Waals surface area contributed by atoms with Gasteiger partial charge in [0.1, 0.15) is 0 Å². The molecule has 1 aromatic carbocycles. The molecule has 2 amide bonds. The zero-order chi connectivity index (χ0) is 16.8. The topological polar surface area (TPSA) is 83.4 Å². The summed E-state index contributed by atoms with van der Waals surface area (Å²) in [4.78, 5) is 24.3. The second-order valence-electron chi connectivity index (χ2n) is 5.93. The van der Waals surface area contributed by atoms with Crippen LogP contribution >= 0.6 is 12.4 Å². The highest BCUT2D eigenvalue weighted by molar-refractivity contribution is 6.03. The maximum atomic E-state index is 12.3. The summed E-state index contributed by atoms with van der Waals surface area (Å²) in [5.74, 6) is 0.236. The second kappa shape index (κ2) is 9.25. The zero-order valence-corrected chi connectivity index (χ0v) is 14.6. The number of benzene rings is 1. The van der Waals surface area contributed by atoms with Crippen molar-refractivity contribution in [3.8, 4) is 0 Å². The lowest BCUT2D eigenvalue weighted by Crippen LogP contribution is -2.38. The molecule has 25 heavy (non-hydrogen) atoms. The van der Waals surface area contributed by atoms with Crippen LogP contribution in [0.2, 0.25) is 0 Å². The smallest absolute Gasteiger partial charge is 0.291 e. The Morgan fingerprint density at radius 3 is 2.80 bits per heavy atom. The molecular formula is C18H22ClN3O3. The minimum atomic E-state index is -0.342. The summed E-state index contributed by atoms with van der Waals surface area (Å²) < 4.78 is 5.05. The Kier molecular flexibility index (Phi) is 7.03. The SMILES string of the molecule is Cl.O=C(NCC1CCCNC1)c1cccc(NC(=O)c2ccco2)c1. The van der Waals surface area contributed by atoms with Gasteiger partial charge >= 0.3 is 0 Å². The molecule has 2 heterocycles. The first-order valence-electron chi connectivity index (χ1n) is 8.16. The first kappa shape index (κ1) is 19.0. The van der Waals surface area contributed by atoms with Crippen molar-refractivity contribution in [2.75, 3.05) is 25.0 Å². The Bertz CT molecular complexity index is 697. The molecule has 1 aliphatic heterocycles. The molecule has 3 rings (SSSR count). The van der Waals surface area contributed by atoms with Gasteiger partial charge in [-0.05, 0) is 62.2 Å². The van der Waals surface area contributed by atoms with Crippen molar-refractivity contribution in [3.63, 3.8) is 0 Å². The fourth-order valence-electron chi connectivity index (χ4n) is 2.78. The Labute approximate surface area is 152 Å². The molecule has 134 valence electrons. The number of amides is 2. The van der Waals surface area contributed by atoms with Crippen LogP contribution in [-0.2, 0) is 0 Å². The van der Waals surface area contributed by atoms with Gasteiger partial charge in [-0.1, -0.05) is 6.07 Å². The summed E-state index contributed by atoms with van der Waals surface area (Å²) in [6, 6.07) is 10.1. The highest BCUT2D eigenvalue weighted by Crippen LogP contribution is 2.13. The molecule has 0 bridgehead atoms. The number of piperidine rings is 1. The summed E-state index contributed by atoms with van der Waals surface area (Å²) in [5, 5.41) is 9.02. The van der Waals surface area contributed by atoms with Crippen LogP contribution in [0.4, 0.5) is 5.69 Å². The van der Waals surface area contributed by atoms with E-state index in [0.29, 0.717) is 23.7 Å². The average molecular weight is 364 g/mol. The predicted octanol–water partition coefficient (Wildman–Crippen LogP) is 2.68. The molecule has 1 atom stereocenters. The molecule has 0 radical (unpaired) electrons. The fourth-order valence-corrected chi connectivity index (χ4v) is 2.78. The summed E-state index contributed by atoms with van der Waals surface area (Å²) >= 11 is 0. The molecule has 1 aromatic heterocycles. The van der Waals surface area contributed by atoms with Crippen molar-refractivity contribution in [1.29, 1.82) is 0 Å². The van der Waals surface area contributed by atoms with E-state index in [1.165, 1.54) is 6.26 Å². The Morgan fingerprint density at radius 2 is 2.08 bits per heavy atom. The maximum absolute atomic E-state index is 12.3. The van der Waals surface area contributed by atoms with E-state index < -0.39 is 0 Å². The number of halogens is 1. The zero-order valence-electron chi connectivity index (χ0n) is 13.8. The summed E-state index contributed by atoms with van der Waals surface area (Å²) in [7, 11) is 0. The van der Waals surface area contributed by atoms with Gasteiger partial charge in [-0.25, -0.2) is 0 Å². The summed E-state index contributed by atoms with van der Waals surface area (Å²) in [6.45, 7) is 2.66. The molecule has 6 nitrogen and oxygen atoms in total. The number of carbonyl (C=O) groups is 2. The fraction of sp³-hybridized carbons (Fsp3) is 0.333. The lowest BCUT2D eigenvalue weighted by Gasteiger charge is -2.22. The van der Waals surface area contributed by atoms with Crippen LogP contribution in [0.1, 0.15) is 33.8 Å². The molecule has 7 heteroatoms. The van der Waals surface area contributed by atoms with E-state index in [9.17, 15) is 9.59 Å². The lowest BCUT2D eigenvalue weighted by atomic mass is 9.99. The molecule has 0 aliphatic carbocycles. The van der Waals surface area contributed by atoms with Crippen molar-refractivity contribution in [1.82, 2.24) is 10.6 Å². The molecule has 1 saturated heterocycles. The second-order valence-corrected chi connectivity index (χ2v) is 5.93. The van der Waals surface area contributed by atoms with E-state index in [-0.39, 0.29) is 30.0 Å². The first-order valence-corrected chi connectivity index (χ1v) is 8.16. The van der Waals surface area contributed by atoms with E-state index in [2.05, 4.69) is 16.0 Å². The van der Waals surface area contributed by atoms with Crippen LogP contribution in [0.3, 0.4) is 0 Å².